The number of halogens is 1. The summed E-state index contributed by atoms with van der Waals surface area (Å²) >= 11 is 1.92. The first-order chi connectivity index (χ1) is 12.7. The SMILES string of the molecule is CC1SCCN(C(=O)c2cn(C3CCNCC3)nn2)C1c1ccccc1.Cl. The van der Waals surface area contributed by atoms with Gasteiger partial charge in [-0.2, -0.15) is 11.8 Å². The molecule has 3 heterocycles. The van der Waals surface area contributed by atoms with E-state index in [2.05, 4.69) is 34.7 Å². The van der Waals surface area contributed by atoms with Crippen molar-refractivity contribution in [2.75, 3.05) is 25.4 Å². The first-order valence-corrected chi connectivity index (χ1v) is 10.4. The van der Waals surface area contributed by atoms with Crippen LogP contribution in [0.2, 0.25) is 0 Å². The standard InChI is InChI=1S/C19H25N5OS.ClH/c1-14-18(15-5-3-2-4-6-15)23(11-12-26-14)19(25)17-13-24(22-21-17)16-7-9-20-10-8-16;/h2-6,13-14,16,18,20H,7-12H2,1H3;1H. The number of piperidine rings is 1. The minimum atomic E-state index is -0.00816. The number of benzene rings is 1. The number of carbonyl (C=O) groups is 1. The monoisotopic (exact) mass is 407 g/mol. The second-order valence-corrected chi connectivity index (χ2v) is 8.48. The fourth-order valence-corrected chi connectivity index (χ4v) is 5.08. The van der Waals surface area contributed by atoms with E-state index in [1.54, 1.807) is 0 Å². The van der Waals surface area contributed by atoms with Crippen molar-refractivity contribution in [3.8, 4) is 0 Å². The lowest BCUT2D eigenvalue weighted by molar-refractivity contribution is 0.0674. The van der Waals surface area contributed by atoms with Gasteiger partial charge in [-0.05, 0) is 31.5 Å². The lowest BCUT2D eigenvalue weighted by Gasteiger charge is -2.39. The molecule has 2 fully saturated rings. The van der Waals surface area contributed by atoms with E-state index in [1.165, 1.54) is 5.56 Å². The molecule has 6 nitrogen and oxygen atoms in total. The van der Waals surface area contributed by atoms with Crippen molar-refractivity contribution >= 4 is 30.1 Å². The highest BCUT2D eigenvalue weighted by Crippen LogP contribution is 2.36. The molecule has 2 aromatic rings. The molecule has 2 unspecified atom stereocenters. The highest BCUT2D eigenvalue weighted by molar-refractivity contribution is 8.00. The van der Waals surface area contributed by atoms with Gasteiger partial charge >= 0.3 is 0 Å². The average Bonchev–Trinajstić information content (AvgIpc) is 3.19. The Morgan fingerprint density at radius 1 is 1.22 bits per heavy atom. The number of hydrogen-bond acceptors (Lipinski definition) is 5. The van der Waals surface area contributed by atoms with E-state index in [4.69, 9.17) is 0 Å². The number of amides is 1. The van der Waals surface area contributed by atoms with E-state index < -0.39 is 0 Å². The Balaban J connectivity index is 0.00000210. The van der Waals surface area contributed by atoms with Crippen molar-refractivity contribution in [2.24, 2.45) is 0 Å². The van der Waals surface area contributed by atoms with Crippen molar-refractivity contribution in [1.82, 2.24) is 25.2 Å². The first kappa shape index (κ1) is 20.2. The zero-order chi connectivity index (χ0) is 17.9. The molecule has 0 saturated carbocycles. The summed E-state index contributed by atoms with van der Waals surface area (Å²) in [4.78, 5) is 15.2. The summed E-state index contributed by atoms with van der Waals surface area (Å²) in [5.41, 5.74) is 1.65. The number of nitrogens with zero attached hydrogens (tertiary/aromatic N) is 4. The van der Waals surface area contributed by atoms with Crippen LogP contribution in [0.3, 0.4) is 0 Å². The number of nitrogens with one attached hydrogen (secondary N) is 1. The van der Waals surface area contributed by atoms with Crippen LogP contribution in [-0.2, 0) is 0 Å². The molecule has 146 valence electrons. The maximum absolute atomic E-state index is 13.2. The van der Waals surface area contributed by atoms with Gasteiger partial charge < -0.3 is 10.2 Å². The molecule has 0 aliphatic carbocycles. The summed E-state index contributed by atoms with van der Waals surface area (Å²) in [7, 11) is 0. The lowest BCUT2D eigenvalue weighted by Crippen LogP contribution is -2.44. The summed E-state index contributed by atoms with van der Waals surface area (Å²) in [6, 6.07) is 10.7. The summed E-state index contributed by atoms with van der Waals surface area (Å²) in [6.45, 7) is 4.93. The van der Waals surface area contributed by atoms with Crippen LogP contribution in [0.5, 0.6) is 0 Å². The van der Waals surface area contributed by atoms with E-state index in [9.17, 15) is 4.79 Å². The largest absolute Gasteiger partial charge is 0.328 e. The Kier molecular flexibility index (Phi) is 6.78. The Hall–Kier alpha value is -1.57. The third kappa shape index (κ3) is 4.31. The second-order valence-electron chi connectivity index (χ2n) is 6.99. The molecule has 0 spiro atoms. The van der Waals surface area contributed by atoms with Crippen LogP contribution in [0.1, 0.15) is 47.9 Å². The maximum atomic E-state index is 13.2. The molecular formula is C19H26ClN5OS. The number of rotatable bonds is 3. The van der Waals surface area contributed by atoms with Crippen molar-refractivity contribution in [3.63, 3.8) is 0 Å². The number of carbonyl (C=O) groups excluding carboxylic acids is 1. The highest BCUT2D eigenvalue weighted by atomic mass is 35.5. The van der Waals surface area contributed by atoms with E-state index in [0.717, 1.165) is 38.2 Å². The molecule has 1 aromatic carbocycles. The van der Waals surface area contributed by atoms with Gasteiger partial charge in [0.1, 0.15) is 0 Å². The zero-order valence-electron chi connectivity index (χ0n) is 15.5. The van der Waals surface area contributed by atoms with Crippen molar-refractivity contribution in [3.05, 3.63) is 47.8 Å². The summed E-state index contributed by atoms with van der Waals surface area (Å²) in [5, 5.41) is 12.2. The molecule has 1 N–H and O–H groups in total. The van der Waals surface area contributed by atoms with Crippen LogP contribution >= 0.6 is 24.2 Å². The Morgan fingerprint density at radius 2 is 1.96 bits per heavy atom. The Bertz CT molecular complexity index is 750. The van der Waals surface area contributed by atoms with Crippen molar-refractivity contribution < 1.29 is 4.79 Å². The van der Waals surface area contributed by atoms with Crippen LogP contribution in [0, 0.1) is 0 Å². The summed E-state index contributed by atoms with van der Waals surface area (Å²) in [5.74, 6) is 0.949. The predicted octanol–water partition coefficient (Wildman–Crippen LogP) is 2.94. The molecule has 27 heavy (non-hydrogen) atoms. The molecule has 4 rings (SSSR count). The van der Waals surface area contributed by atoms with Crippen LogP contribution in [0.15, 0.2) is 36.5 Å². The molecule has 1 aromatic heterocycles. The molecule has 0 radical (unpaired) electrons. The predicted molar refractivity (Wildman–Crippen MR) is 111 cm³/mol. The number of aromatic nitrogens is 3. The van der Waals surface area contributed by atoms with Gasteiger partial charge in [0.2, 0.25) is 0 Å². The van der Waals surface area contributed by atoms with Gasteiger partial charge in [0.25, 0.3) is 5.91 Å². The fourth-order valence-electron chi connectivity index (χ4n) is 3.92. The lowest BCUT2D eigenvalue weighted by atomic mass is 10.0. The molecule has 1 amide bonds. The van der Waals surface area contributed by atoms with Gasteiger partial charge in [0, 0.05) is 17.5 Å². The summed E-state index contributed by atoms with van der Waals surface area (Å²) in [6.07, 6.45) is 3.90. The van der Waals surface area contributed by atoms with Gasteiger partial charge in [0.05, 0.1) is 18.3 Å². The van der Waals surface area contributed by atoms with Crippen LogP contribution < -0.4 is 5.32 Å². The average molecular weight is 408 g/mol. The quantitative estimate of drug-likeness (QED) is 0.847. The molecule has 2 saturated heterocycles. The fraction of sp³-hybridized carbons (Fsp3) is 0.526. The molecule has 2 aliphatic heterocycles. The maximum Gasteiger partial charge on any atom is 0.276 e. The van der Waals surface area contributed by atoms with E-state index in [0.29, 0.717) is 17.0 Å². The minimum absolute atomic E-state index is 0. The topological polar surface area (TPSA) is 63.1 Å². The molecule has 8 heteroatoms. The Morgan fingerprint density at radius 3 is 2.70 bits per heavy atom. The molecular weight excluding hydrogens is 382 g/mol. The highest BCUT2D eigenvalue weighted by Gasteiger charge is 2.35. The van der Waals surface area contributed by atoms with Gasteiger partial charge in [-0.1, -0.05) is 42.5 Å². The molecule has 2 aliphatic rings. The van der Waals surface area contributed by atoms with E-state index in [-0.39, 0.29) is 24.4 Å². The second kappa shape index (κ2) is 9.08. The Labute approximate surface area is 170 Å². The minimum Gasteiger partial charge on any atom is -0.328 e. The normalized spacial score (nSPS) is 23.7. The third-order valence-corrected chi connectivity index (χ3v) is 6.51. The third-order valence-electron chi connectivity index (χ3n) is 5.31. The van der Waals surface area contributed by atoms with Crippen molar-refractivity contribution in [2.45, 2.75) is 37.1 Å². The molecule has 0 bridgehead atoms. The number of thioether (sulfide) groups is 1. The summed E-state index contributed by atoms with van der Waals surface area (Å²) < 4.78 is 1.88. The van der Waals surface area contributed by atoms with E-state index >= 15 is 0 Å². The van der Waals surface area contributed by atoms with Gasteiger partial charge in [-0.3, -0.25) is 4.79 Å². The van der Waals surface area contributed by atoms with Crippen LogP contribution in [-0.4, -0.2) is 56.4 Å². The van der Waals surface area contributed by atoms with Crippen LogP contribution in [0.25, 0.3) is 0 Å². The van der Waals surface area contributed by atoms with Gasteiger partial charge in [-0.15, -0.1) is 17.5 Å². The van der Waals surface area contributed by atoms with Crippen molar-refractivity contribution in [1.29, 1.82) is 0 Å². The van der Waals surface area contributed by atoms with Crippen LogP contribution in [0.4, 0.5) is 0 Å². The smallest absolute Gasteiger partial charge is 0.276 e. The van der Waals surface area contributed by atoms with Gasteiger partial charge in [-0.25, -0.2) is 4.68 Å². The first-order valence-electron chi connectivity index (χ1n) is 9.34. The van der Waals surface area contributed by atoms with Gasteiger partial charge in [0.15, 0.2) is 5.69 Å². The molecule has 2 atom stereocenters. The zero-order valence-corrected chi connectivity index (χ0v) is 17.1. The van der Waals surface area contributed by atoms with E-state index in [1.807, 2.05) is 45.7 Å². The number of hydrogen-bond donors (Lipinski definition) is 1.